The van der Waals surface area contributed by atoms with Crippen molar-refractivity contribution in [1.82, 2.24) is 9.55 Å². The molecule has 0 aliphatic carbocycles. The highest BCUT2D eigenvalue weighted by molar-refractivity contribution is 9.10. The molecule has 4 rings (SSSR count). The van der Waals surface area contributed by atoms with Crippen molar-refractivity contribution in [2.24, 2.45) is 0 Å². The Labute approximate surface area is 183 Å². The van der Waals surface area contributed by atoms with E-state index in [0.29, 0.717) is 19.8 Å². The molecule has 1 saturated heterocycles. The number of hydrogen-bond acceptors (Lipinski definition) is 4. The predicted octanol–water partition coefficient (Wildman–Crippen LogP) is 5.12. The average molecular weight is 478 g/mol. The van der Waals surface area contributed by atoms with Crippen LogP contribution in [0.1, 0.15) is 12.0 Å². The minimum absolute atomic E-state index is 0.132. The SMILES string of the molecule is Clc1ccc(CC[C@@]2(Cn3ccnc3)OC[C@H](COc3ccc(Br)cc3)O2)cc1. The van der Waals surface area contributed by atoms with Gasteiger partial charge in [-0.3, -0.25) is 0 Å². The van der Waals surface area contributed by atoms with Crippen LogP contribution in [0, 0.1) is 0 Å². The van der Waals surface area contributed by atoms with Crippen molar-refractivity contribution in [2.75, 3.05) is 13.2 Å². The van der Waals surface area contributed by atoms with Gasteiger partial charge in [0.15, 0.2) is 5.79 Å². The number of nitrogens with zero attached hydrogens (tertiary/aromatic N) is 2. The first-order valence-electron chi connectivity index (χ1n) is 9.51. The van der Waals surface area contributed by atoms with Crippen molar-refractivity contribution < 1.29 is 14.2 Å². The van der Waals surface area contributed by atoms with Gasteiger partial charge in [0.1, 0.15) is 18.5 Å². The Morgan fingerprint density at radius 1 is 1.17 bits per heavy atom. The summed E-state index contributed by atoms with van der Waals surface area (Å²) >= 11 is 9.43. The van der Waals surface area contributed by atoms with Crippen molar-refractivity contribution in [3.8, 4) is 5.75 Å². The molecule has 0 bridgehead atoms. The van der Waals surface area contributed by atoms with Crippen LogP contribution < -0.4 is 4.74 Å². The van der Waals surface area contributed by atoms with Crippen molar-refractivity contribution in [1.29, 1.82) is 0 Å². The summed E-state index contributed by atoms with van der Waals surface area (Å²) in [7, 11) is 0. The number of ether oxygens (including phenoxy) is 3. The molecule has 5 nitrogen and oxygen atoms in total. The van der Waals surface area contributed by atoms with Crippen LogP contribution in [0.25, 0.3) is 0 Å². The van der Waals surface area contributed by atoms with Gasteiger partial charge in [-0.05, 0) is 48.4 Å². The molecule has 29 heavy (non-hydrogen) atoms. The molecule has 152 valence electrons. The van der Waals surface area contributed by atoms with Gasteiger partial charge in [0.25, 0.3) is 0 Å². The maximum Gasteiger partial charge on any atom is 0.187 e. The Morgan fingerprint density at radius 2 is 1.97 bits per heavy atom. The van der Waals surface area contributed by atoms with E-state index in [-0.39, 0.29) is 6.10 Å². The molecule has 0 radical (unpaired) electrons. The summed E-state index contributed by atoms with van der Waals surface area (Å²) < 4.78 is 21.5. The zero-order valence-corrected chi connectivity index (χ0v) is 18.2. The number of rotatable bonds is 8. The molecule has 2 aromatic carbocycles. The van der Waals surface area contributed by atoms with Crippen molar-refractivity contribution in [3.63, 3.8) is 0 Å². The van der Waals surface area contributed by atoms with E-state index in [4.69, 9.17) is 25.8 Å². The van der Waals surface area contributed by atoms with E-state index < -0.39 is 5.79 Å². The Bertz CT molecular complexity index is 903. The van der Waals surface area contributed by atoms with Gasteiger partial charge in [-0.15, -0.1) is 0 Å². The van der Waals surface area contributed by atoms with Crippen LogP contribution >= 0.6 is 27.5 Å². The lowest BCUT2D eigenvalue weighted by Gasteiger charge is -2.28. The van der Waals surface area contributed by atoms with E-state index in [0.717, 1.165) is 28.1 Å². The summed E-state index contributed by atoms with van der Waals surface area (Å²) in [5, 5.41) is 0.736. The van der Waals surface area contributed by atoms with Crippen LogP contribution in [-0.4, -0.2) is 34.7 Å². The van der Waals surface area contributed by atoms with Crippen molar-refractivity contribution in [3.05, 3.63) is 82.3 Å². The topological polar surface area (TPSA) is 45.5 Å². The summed E-state index contributed by atoms with van der Waals surface area (Å²) in [6.45, 7) is 1.51. The Morgan fingerprint density at radius 3 is 2.69 bits per heavy atom. The summed E-state index contributed by atoms with van der Waals surface area (Å²) in [5.74, 6) is 0.0960. The fourth-order valence-electron chi connectivity index (χ4n) is 3.36. The van der Waals surface area contributed by atoms with Gasteiger partial charge >= 0.3 is 0 Å². The summed E-state index contributed by atoms with van der Waals surface area (Å²) in [6.07, 6.45) is 6.88. The molecule has 3 aromatic rings. The van der Waals surface area contributed by atoms with Gasteiger partial charge in [-0.25, -0.2) is 4.98 Å². The largest absolute Gasteiger partial charge is 0.491 e. The summed E-state index contributed by atoms with van der Waals surface area (Å²) in [5.41, 5.74) is 1.20. The molecule has 0 saturated carbocycles. The molecule has 7 heteroatoms. The third-order valence-corrected chi connectivity index (χ3v) is 5.63. The number of aromatic nitrogens is 2. The number of benzene rings is 2. The molecule has 0 N–H and O–H groups in total. The zero-order chi connectivity index (χ0) is 20.1. The second-order valence-corrected chi connectivity index (χ2v) is 8.44. The van der Waals surface area contributed by atoms with Crippen LogP contribution in [0.5, 0.6) is 5.75 Å². The van der Waals surface area contributed by atoms with Gasteiger partial charge in [0.2, 0.25) is 0 Å². The monoisotopic (exact) mass is 476 g/mol. The molecule has 1 aromatic heterocycles. The number of halogens is 2. The third kappa shape index (κ3) is 5.60. The Hall–Kier alpha value is -1.86. The normalized spacial score (nSPS) is 21.4. The predicted molar refractivity (Wildman–Crippen MR) is 115 cm³/mol. The van der Waals surface area contributed by atoms with E-state index in [1.165, 1.54) is 5.56 Å². The Kier molecular flexibility index (Phi) is 6.55. The van der Waals surface area contributed by atoms with Crippen LogP contribution in [0.4, 0.5) is 0 Å². The van der Waals surface area contributed by atoms with E-state index >= 15 is 0 Å². The lowest BCUT2D eigenvalue weighted by Crippen LogP contribution is -2.37. The van der Waals surface area contributed by atoms with Crippen LogP contribution in [-0.2, 0) is 22.4 Å². The molecule has 0 unspecified atom stereocenters. The average Bonchev–Trinajstić information content (AvgIpc) is 3.38. The first-order valence-corrected chi connectivity index (χ1v) is 10.7. The summed E-state index contributed by atoms with van der Waals surface area (Å²) in [4.78, 5) is 4.13. The van der Waals surface area contributed by atoms with Crippen LogP contribution in [0.15, 0.2) is 71.7 Å². The molecular formula is C22H22BrClN2O3. The first-order chi connectivity index (χ1) is 14.1. The number of aryl methyl sites for hydroxylation is 1. The number of imidazole rings is 1. The second kappa shape index (κ2) is 9.30. The molecule has 2 atom stereocenters. The molecule has 1 fully saturated rings. The standard InChI is InChI=1S/C22H22BrClN2O3/c23-18-3-7-20(8-4-18)27-13-21-14-28-22(29-21,15-26-12-11-25-16-26)10-9-17-1-5-19(24)6-2-17/h1-8,11-12,16,21H,9-10,13-15H2/t21-,22+/m0/s1. The van der Waals surface area contributed by atoms with Crippen LogP contribution in [0.3, 0.4) is 0 Å². The van der Waals surface area contributed by atoms with Gasteiger partial charge in [0.05, 0.1) is 19.5 Å². The van der Waals surface area contributed by atoms with Crippen LogP contribution in [0.2, 0.25) is 5.02 Å². The molecule has 1 aliphatic rings. The number of hydrogen-bond donors (Lipinski definition) is 0. The van der Waals surface area contributed by atoms with Gasteiger partial charge < -0.3 is 18.8 Å². The second-order valence-electron chi connectivity index (χ2n) is 7.09. The van der Waals surface area contributed by atoms with Gasteiger partial charge in [0, 0.05) is 28.3 Å². The lowest BCUT2D eigenvalue weighted by molar-refractivity contribution is -0.184. The van der Waals surface area contributed by atoms with E-state index in [1.807, 2.05) is 59.3 Å². The van der Waals surface area contributed by atoms with E-state index in [1.54, 1.807) is 12.5 Å². The van der Waals surface area contributed by atoms with Crippen molar-refractivity contribution in [2.45, 2.75) is 31.3 Å². The fourth-order valence-corrected chi connectivity index (χ4v) is 3.75. The molecular weight excluding hydrogens is 456 g/mol. The fraction of sp³-hybridized carbons (Fsp3) is 0.318. The highest BCUT2D eigenvalue weighted by Crippen LogP contribution is 2.31. The highest BCUT2D eigenvalue weighted by atomic mass is 79.9. The lowest BCUT2D eigenvalue weighted by atomic mass is 10.0. The zero-order valence-electron chi connectivity index (χ0n) is 15.8. The molecule has 2 heterocycles. The minimum atomic E-state index is -0.714. The smallest absolute Gasteiger partial charge is 0.187 e. The first kappa shape index (κ1) is 20.4. The molecule has 0 spiro atoms. The van der Waals surface area contributed by atoms with Gasteiger partial charge in [-0.2, -0.15) is 0 Å². The maximum absolute atomic E-state index is 6.38. The van der Waals surface area contributed by atoms with E-state index in [2.05, 4.69) is 20.9 Å². The third-order valence-electron chi connectivity index (χ3n) is 4.85. The molecule has 1 aliphatic heterocycles. The van der Waals surface area contributed by atoms with Crippen molar-refractivity contribution >= 4 is 27.5 Å². The quantitative estimate of drug-likeness (QED) is 0.452. The Balaban J connectivity index is 1.40. The van der Waals surface area contributed by atoms with Gasteiger partial charge in [-0.1, -0.05) is 39.7 Å². The van der Waals surface area contributed by atoms with E-state index in [9.17, 15) is 0 Å². The highest BCUT2D eigenvalue weighted by Gasteiger charge is 2.42. The summed E-state index contributed by atoms with van der Waals surface area (Å²) in [6, 6.07) is 15.7. The molecule has 0 amide bonds. The minimum Gasteiger partial charge on any atom is -0.491 e. The maximum atomic E-state index is 6.38.